The first kappa shape index (κ1) is 9.69. The van der Waals surface area contributed by atoms with Crippen LogP contribution in [0, 0.1) is 5.92 Å². The van der Waals surface area contributed by atoms with Crippen molar-refractivity contribution in [2.45, 2.75) is 12.7 Å². The van der Waals surface area contributed by atoms with Crippen molar-refractivity contribution in [2.24, 2.45) is 11.7 Å². The van der Waals surface area contributed by atoms with Gasteiger partial charge in [0.1, 0.15) is 0 Å². The minimum absolute atomic E-state index is 0.0569. The van der Waals surface area contributed by atoms with Gasteiger partial charge in [0.05, 0.1) is 6.17 Å². The van der Waals surface area contributed by atoms with Gasteiger partial charge >= 0.3 is 0 Å². The lowest BCUT2D eigenvalue weighted by Crippen LogP contribution is -2.45. The smallest absolute Gasteiger partial charge is 0.0861 e. The topological polar surface area (TPSA) is 53.3 Å². The Balaban J connectivity index is 1.73. The second-order valence-corrected chi connectivity index (χ2v) is 4.33. The van der Waals surface area contributed by atoms with Crippen molar-refractivity contribution in [3.8, 4) is 0 Å². The first-order valence-corrected chi connectivity index (χ1v) is 5.61. The van der Waals surface area contributed by atoms with Crippen molar-refractivity contribution in [3.63, 3.8) is 0 Å². The fourth-order valence-corrected chi connectivity index (χ4v) is 2.32. The summed E-state index contributed by atoms with van der Waals surface area (Å²) in [5.74, 6) is 0.406. The molecule has 2 aliphatic rings. The first-order chi connectivity index (χ1) is 7.84. The van der Waals surface area contributed by atoms with E-state index in [-0.39, 0.29) is 6.17 Å². The van der Waals surface area contributed by atoms with E-state index in [2.05, 4.69) is 40.0 Å². The fourth-order valence-electron chi connectivity index (χ4n) is 2.32. The summed E-state index contributed by atoms with van der Waals surface area (Å²) in [4.78, 5) is 0. The Hall–Kier alpha value is -1.52. The lowest BCUT2D eigenvalue weighted by atomic mass is 10.1. The average molecular weight is 216 g/mol. The van der Waals surface area contributed by atoms with Crippen LogP contribution in [0.5, 0.6) is 0 Å². The molecule has 1 aromatic carbocycles. The lowest BCUT2D eigenvalue weighted by molar-refractivity contribution is 0.167. The third-order valence-corrected chi connectivity index (χ3v) is 3.24. The molecular formula is C12H16N4. The number of hydrogen-bond donors (Lipinski definition) is 3. The summed E-state index contributed by atoms with van der Waals surface area (Å²) in [5, 5.41) is 5.31. The molecule has 0 radical (unpaired) electrons. The molecule has 4 N–H and O–H groups in total. The van der Waals surface area contributed by atoms with Crippen molar-refractivity contribution in [3.05, 3.63) is 47.8 Å². The van der Waals surface area contributed by atoms with Gasteiger partial charge in [-0.3, -0.25) is 0 Å². The number of hydrogen-bond acceptors (Lipinski definition) is 4. The zero-order chi connectivity index (χ0) is 11.0. The number of nitrogens with two attached hydrogens (primary N) is 1. The van der Waals surface area contributed by atoms with Gasteiger partial charge in [-0.15, -0.1) is 0 Å². The molecule has 1 saturated heterocycles. The monoisotopic (exact) mass is 216 g/mol. The van der Waals surface area contributed by atoms with E-state index >= 15 is 0 Å². The molecule has 2 heterocycles. The van der Waals surface area contributed by atoms with E-state index in [1.54, 1.807) is 0 Å². The van der Waals surface area contributed by atoms with Gasteiger partial charge in [0.2, 0.25) is 0 Å². The zero-order valence-corrected chi connectivity index (χ0v) is 9.06. The molecule has 4 heteroatoms. The van der Waals surface area contributed by atoms with Crippen LogP contribution in [-0.4, -0.2) is 17.7 Å². The Kier molecular flexibility index (Phi) is 2.31. The Morgan fingerprint density at radius 2 is 2.12 bits per heavy atom. The van der Waals surface area contributed by atoms with Crippen LogP contribution in [0.3, 0.4) is 0 Å². The maximum absolute atomic E-state index is 6.19. The largest absolute Gasteiger partial charge is 0.389 e. The highest BCUT2D eigenvalue weighted by molar-refractivity contribution is 5.19. The van der Waals surface area contributed by atoms with E-state index in [1.807, 2.05) is 12.3 Å². The molecule has 0 spiro atoms. The number of nitrogens with one attached hydrogen (secondary N) is 2. The van der Waals surface area contributed by atoms with Crippen molar-refractivity contribution >= 4 is 0 Å². The second kappa shape index (κ2) is 3.81. The van der Waals surface area contributed by atoms with E-state index in [0.717, 1.165) is 13.1 Å². The maximum Gasteiger partial charge on any atom is 0.0861 e. The molecule has 2 unspecified atom stereocenters. The van der Waals surface area contributed by atoms with Gasteiger partial charge in [-0.05, 0) is 5.56 Å². The Morgan fingerprint density at radius 1 is 1.31 bits per heavy atom. The molecule has 84 valence electrons. The highest BCUT2D eigenvalue weighted by atomic mass is 15.6. The molecule has 0 amide bonds. The molecule has 4 nitrogen and oxygen atoms in total. The number of fused-ring (bicyclic) bond motifs is 1. The van der Waals surface area contributed by atoms with Crippen LogP contribution in [0.1, 0.15) is 5.56 Å². The van der Waals surface area contributed by atoms with Crippen molar-refractivity contribution in [2.75, 3.05) is 6.54 Å². The molecule has 0 aliphatic carbocycles. The summed E-state index contributed by atoms with van der Waals surface area (Å²) in [7, 11) is 0. The van der Waals surface area contributed by atoms with Gasteiger partial charge in [-0.2, -0.15) is 0 Å². The van der Waals surface area contributed by atoms with E-state index < -0.39 is 0 Å². The van der Waals surface area contributed by atoms with Gasteiger partial charge in [-0.25, -0.2) is 5.01 Å². The summed E-state index contributed by atoms with van der Waals surface area (Å²) in [6, 6.07) is 10.4. The van der Waals surface area contributed by atoms with E-state index in [4.69, 9.17) is 5.73 Å². The molecule has 0 aromatic heterocycles. The second-order valence-electron chi connectivity index (χ2n) is 4.33. The highest BCUT2D eigenvalue weighted by Gasteiger charge is 2.37. The number of benzene rings is 1. The van der Waals surface area contributed by atoms with Crippen LogP contribution in [0.4, 0.5) is 0 Å². The molecule has 1 aromatic rings. The standard InChI is InChI=1S/C12H16N4/c13-12-10-6-14-7-11(10)15-16(12)8-9-4-2-1-3-5-9/h1-5,7,10,12,14-15H,6,8,13H2. The van der Waals surface area contributed by atoms with Crippen LogP contribution in [-0.2, 0) is 6.54 Å². The third-order valence-electron chi connectivity index (χ3n) is 3.24. The van der Waals surface area contributed by atoms with Crippen LogP contribution in [0.25, 0.3) is 0 Å². The zero-order valence-electron chi connectivity index (χ0n) is 9.06. The van der Waals surface area contributed by atoms with Crippen LogP contribution in [0.2, 0.25) is 0 Å². The van der Waals surface area contributed by atoms with Crippen LogP contribution >= 0.6 is 0 Å². The van der Waals surface area contributed by atoms with Gasteiger partial charge < -0.3 is 16.5 Å². The van der Waals surface area contributed by atoms with E-state index in [0.29, 0.717) is 5.92 Å². The van der Waals surface area contributed by atoms with Gasteiger partial charge in [-0.1, -0.05) is 30.3 Å². The lowest BCUT2D eigenvalue weighted by Gasteiger charge is -2.22. The number of rotatable bonds is 2. The van der Waals surface area contributed by atoms with E-state index in [9.17, 15) is 0 Å². The third kappa shape index (κ3) is 1.56. The summed E-state index contributed by atoms with van der Waals surface area (Å²) in [6.45, 7) is 1.78. The normalized spacial score (nSPS) is 28.2. The number of hydrazine groups is 1. The Morgan fingerprint density at radius 3 is 2.88 bits per heavy atom. The van der Waals surface area contributed by atoms with Gasteiger partial charge in [0, 0.05) is 30.9 Å². The molecule has 16 heavy (non-hydrogen) atoms. The summed E-state index contributed by atoms with van der Waals surface area (Å²) >= 11 is 0. The van der Waals surface area contributed by atoms with Crippen molar-refractivity contribution in [1.29, 1.82) is 0 Å². The molecule has 0 bridgehead atoms. The minimum atomic E-state index is 0.0569. The predicted octanol–water partition coefficient (Wildman–Crippen LogP) is 0.352. The SMILES string of the molecule is NC1C2CNC=C2NN1Cc1ccccc1. The maximum atomic E-state index is 6.19. The number of nitrogens with zero attached hydrogens (tertiary/aromatic N) is 1. The molecule has 0 saturated carbocycles. The predicted molar refractivity (Wildman–Crippen MR) is 62.7 cm³/mol. The highest BCUT2D eigenvalue weighted by Crippen LogP contribution is 2.25. The molecule has 1 fully saturated rings. The van der Waals surface area contributed by atoms with Crippen LogP contribution < -0.4 is 16.5 Å². The summed E-state index contributed by atoms with van der Waals surface area (Å²) in [6.07, 6.45) is 2.08. The fraction of sp³-hybridized carbons (Fsp3) is 0.333. The molecular weight excluding hydrogens is 200 g/mol. The van der Waals surface area contributed by atoms with Gasteiger partial charge in [0.15, 0.2) is 0 Å². The summed E-state index contributed by atoms with van der Waals surface area (Å²) < 4.78 is 0. The van der Waals surface area contributed by atoms with Crippen molar-refractivity contribution < 1.29 is 0 Å². The van der Waals surface area contributed by atoms with Gasteiger partial charge in [0.25, 0.3) is 0 Å². The molecule has 2 atom stereocenters. The minimum Gasteiger partial charge on any atom is -0.389 e. The Labute approximate surface area is 95.1 Å². The molecule has 2 aliphatic heterocycles. The summed E-state index contributed by atoms with van der Waals surface area (Å²) in [5.41, 5.74) is 12.0. The van der Waals surface area contributed by atoms with Crippen LogP contribution in [0.15, 0.2) is 42.2 Å². The average Bonchev–Trinajstić information content (AvgIpc) is 2.86. The first-order valence-electron chi connectivity index (χ1n) is 5.61. The molecule has 3 rings (SSSR count). The quantitative estimate of drug-likeness (QED) is 0.668. The van der Waals surface area contributed by atoms with E-state index in [1.165, 1.54) is 11.3 Å². The Bertz CT molecular complexity index is 401. The van der Waals surface area contributed by atoms with Crippen molar-refractivity contribution in [1.82, 2.24) is 15.8 Å².